The molecule has 0 amide bonds. The summed E-state index contributed by atoms with van der Waals surface area (Å²) in [6, 6.07) is 8.74. The molecule has 5 rings (SSSR count). The summed E-state index contributed by atoms with van der Waals surface area (Å²) in [4.78, 5) is 3.96. The Morgan fingerprint density at radius 2 is 1.66 bits per heavy atom. The number of fused-ring (bicyclic) bond motifs is 1. The summed E-state index contributed by atoms with van der Waals surface area (Å²) in [6.45, 7) is 0.722. The lowest BCUT2D eigenvalue weighted by Gasteiger charge is -2.24. The molecule has 0 aliphatic carbocycles. The van der Waals surface area contributed by atoms with Crippen LogP contribution in [0.1, 0.15) is 18.5 Å². The molecule has 0 radical (unpaired) electrons. The van der Waals surface area contributed by atoms with Crippen molar-refractivity contribution in [3.8, 4) is 22.3 Å². The van der Waals surface area contributed by atoms with E-state index in [9.17, 15) is 17.6 Å². The molecule has 0 bridgehead atoms. The van der Waals surface area contributed by atoms with Crippen molar-refractivity contribution < 1.29 is 22.0 Å². The van der Waals surface area contributed by atoms with Crippen molar-refractivity contribution in [2.75, 3.05) is 5.73 Å². The van der Waals surface area contributed by atoms with Crippen LogP contribution in [0.4, 0.5) is 27.9 Å². The van der Waals surface area contributed by atoms with E-state index in [1.165, 1.54) is 48.8 Å². The molecule has 0 spiro atoms. The fourth-order valence-electron chi connectivity index (χ4n) is 4.03. The third kappa shape index (κ3) is 4.09. The number of aromatic nitrogens is 5. The normalized spacial score (nSPS) is 12.9. The Labute approximate surface area is 195 Å². The smallest absolute Gasteiger partial charge is 0.271 e. The van der Waals surface area contributed by atoms with E-state index in [4.69, 9.17) is 5.73 Å². The van der Waals surface area contributed by atoms with Crippen molar-refractivity contribution in [1.82, 2.24) is 24.4 Å². The summed E-state index contributed by atoms with van der Waals surface area (Å²) >= 11 is 0. The molecule has 3 aromatic heterocycles. The molecule has 6 nitrogen and oxygen atoms in total. The quantitative estimate of drug-likeness (QED) is 0.334. The van der Waals surface area contributed by atoms with E-state index in [1.54, 1.807) is 0 Å². The summed E-state index contributed by atoms with van der Waals surface area (Å²) < 4.78 is 74.8. The third-order valence-electron chi connectivity index (χ3n) is 5.57. The van der Waals surface area contributed by atoms with Gasteiger partial charge in [-0.1, -0.05) is 30.3 Å². The van der Waals surface area contributed by atoms with Crippen LogP contribution in [-0.2, 0) is 0 Å². The highest BCUT2D eigenvalue weighted by Gasteiger charge is 2.38. The molecule has 2 N–H and O–H groups in total. The Balaban J connectivity index is 1.58. The summed E-state index contributed by atoms with van der Waals surface area (Å²) in [5.41, 5.74) is 6.01. The second-order valence-electron chi connectivity index (χ2n) is 8.09. The molecule has 11 heteroatoms. The summed E-state index contributed by atoms with van der Waals surface area (Å²) in [5.74, 6) is -5.42. The maximum absolute atomic E-state index is 15.6. The number of rotatable bonds is 5. The Morgan fingerprint density at radius 3 is 2.37 bits per heavy atom. The lowest BCUT2D eigenvalue weighted by atomic mass is 9.99. The van der Waals surface area contributed by atoms with Gasteiger partial charge < -0.3 is 5.73 Å². The average molecular weight is 484 g/mol. The first kappa shape index (κ1) is 22.5. The van der Waals surface area contributed by atoms with Gasteiger partial charge in [-0.3, -0.25) is 4.68 Å². The number of alkyl halides is 2. The van der Waals surface area contributed by atoms with Gasteiger partial charge in [0.15, 0.2) is 5.65 Å². The molecule has 1 atom stereocenters. The Morgan fingerprint density at radius 1 is 0.943 bits per heavy atom. The number of halogens is 5. The zero-order valence-corrected chi connectivity index (χ0v) is 18.1. The molecule has 0 fully saturated rings. The molecule has 0 saturated heterocycles. The monoisotopic (exact) mass is 484 g/mol. The number of nitrogen functional groups attached to an aromatic ring is 1. The van der Waals surface area contributed by atoms with Gasteiger partial charge in [0.1, 0.15) is 23.5 Å². The van der Waals surface area contributed by atoms with Gasteiger partial charge in [-0.25, -0.2) is 26.5 Å². The van der Waals surface area contributed by atoms with Crippen LogP contribution in [0, 0.1) is 17.5 Å². The molecule has 2 aromatic carbocycles. The number of hydrogen-bond acceptors (Lipinski definition) is 4. The topological polar surface area (TPSA) is 74.0 Å². The molecular formula is C24H17F5N6. The molecule has 0 aliphatic heterocycles. The zero-order valence-electron chi connectivity index (χ0n) is 18.1. The molecule has 35 heavy (non-hydrogen) atoms. The van der Waals surface area contributed by atoms with E-state index in [-0.39, 0.29) is 39.4 Å². The van der Waals surface area contributed by atoms with E-state index in [1.807, 2.05) is 0 Å². The van der Waals surface area contributed by atoms with Crippen LogP contribution < -0.4 is 5.73 Å². The van der Waals surface area contributed by atoms with Gasteiger partial charge in [0.25, 0.3) is 5.92 Å². The number of nitrogens with zero attached hydrogens (tertiary/aromatic N) is 5. The Bertz CT molecular complexity index is 1530. The van der Waals surface area contributed by atoms with Crippen molar-refractivity contribution in [2.24, 2.45) is 0 Å². The van der Waals surface area contributed by atoms with Gasteiger partial charge in [0.05, 0.1) is 12.4 Å². The van der Waals surface area contributed by atoms with Gasteiger partial charge in [0, 0.05) is 35.4 Å². The SMILES string of the molecule is CC(F)(F)[C@@H](c1ccc(F)cc1)n1cc(-c2cccc(-c3cc4nc(N)nn4cc3F)c2F)cn1. The molecule has 0 aliphatic rings. The standard InChI is InChI=1S/C24H17F5N6/c1-24(28,29)22(13-5-7-15(25)8-6-13)35-11-14(10-31-35)16-3-2-4-17(21(16)27)18-9-20-32-23(30)33-34(20)12-19(18)26/h2-12,22H,1H3,(H2,30,33)/t22-/m1/s1. The van der Waals surface area contributed by atoms with Gasteiger partial charge in [-0.15, -0.1) is 5.10 Å². The van der Waals surface area contributed by atoms with Crippen LogP contribution in [0.15, 0.2) is 67.1 Å². The number of benzene rings is 2. The first-order valence-electron chi connectivity index (χ1n) is 10.4. The van der Waals surface area contributed by atoms with Crippen LogP contribution in [0.3, 0.4) is 0 Å². The Kier molecular flexibility index (Phi) is 5.27. The van der Waals surface area contributed by atoms with Crippen LogP contribution in [0.5, 0.6) is 0 Å². The maximum Gasteiger partial charge on any atom is 0.271 e. The first-order valence-corrected chi connectivity index (χ1v) is 10.4. The van der Waals surface area contributed by atoms with Crippen molar-refractivity contribution in [2.45, 2.75) is 18.9 Å². The van der Waals surface area contributed by atoms with Crippen LogP contribution in [0.25, 0.3) is 27.9 Å². The molecule has 178 valence electrons. The number of hydrogen-bond donors (Lipinski definition) is 1. The van der Waals surface area contributed by atoms with E-state index in [0.717, 1.165) is 34.5 Å². The van der Waals surface area contributed by atoms with Gasteiger partial charge >= 0.3 is 0 Å². The molecule has 0 unspecified atom stereocenters. The largest absolute Gasteiger partial charge is 0.366 e. The van der Waals surface area contributed by atoms with Crippen LogP contribution in [0.2, 0.25) is 0 Å². The third-order valence-corrected chi connectivity index (χ3v) is 5.57. The predicted octanol–water partition coefficient (Wildman–Crippen LogP) is 5.50. The minimum Gasteiger partial charge on any atom is -0.366 e. The lowest BCUT2D eigenvalue weighted by molar-refractivity contribution is -0.0217. The molecule has 0 saturated carbocycles. The fourth-order valence-corrected chi connectivity index (χ4v) is 4.03. The van der Waals surface area contributed by atoms with Crippen molar-refractivity contribution >= 4 is 11.6 Å². The van der Waals surface area contributed by atoms with E-state index in [2.05, 4.69) is 15.2 Å². The van der Waals surface area contributed by atoms with Crippen molar-refractivity contribution in [3.63, 3.8) is 0 Å². The zero-order chi connectivity index (χ0) is 24.9. The second kappa shape index (κ2) is 8.19. The molecular weight excluding hydrogens is 467 g/mol. The predicted molar refractivity (Wildman–Crippen MR) is 119 cm³/mol. The van der Waals surface area contributed by atoms with Crippen LogP contribution >= 0.6 is 0 Å². The maximum atomic E-state index is 15.6. The van der Waals surface area contributed by atoms with Crippen molar-refractivity contribution in [1.29, 1.82) is 0 Å². The van der Waals surface area contributed by atoms with E-state index >= 15 is 4.39 Å². The number of nitrogens with two attached hydrogens (primary N) is 1. The van der Waals surface area contributed by atoms with Gasteiger partial charge in [0.2, 0.25) is 5.95 Å². The minimum absolute atomic E-state index is 0.0336. The fraction of sp³-hybridized carbons (Fsp3) is 0.125. The van der Waals surface area contributed by atoms with Crippen molar-refractivity contribution in [3.05, 3.63) is 90.1 Å². The number of pyridine rings is 1. The highest BCUT2D eigenvalue weighted by Crippen LogP contribution is 2.37. The first-order chi connectivity index (χ1) is 16.6. The molecule has 5 aromatic rings. The lowest BCUT2D eigenvalue weighted by Crippen LogP contribution is -2.29. The second-order valence-corrected chi connectivity index (χ2v) is 8.09. The average Bonchev–Trinajstić information content (AvgIpc) is 3.40. The van der Waals surface area contributed by atoms with Gasteiger partial charge in [-0.2, -0.15) is 10.1 Å². The van der Waals surface area contributed by atoms with E-state index in [0.29, 0.717) is 0 Å². The Hall–Kier alpha value is -4.28. The summed E-state index contributed by atoms with van der Waals surface area (Å²) in [5, 5.41) is 7.85. The number of anilines is 1. The molecule has 3 heterocycles. The van der Waals surface area contributed by atoms with Crippen LogP contribution in [-0.4, -0.2) is 30.3 Å². The highest BCUT2D eigenvalue weighted by molar-refractivity contribution is 5.75. The summed E-state index contributed by atoms with van der Waals surface area (Å²) in [6.07, 6.45) is 3.55. The summed E-state index contributed by atoms with van der Waals surface area (Å²) in [7, 11) is 0. The van der Waals surface area contributed by atoms with E-state index < -0.39 is 29.4 Å². The van der Waals surface area contributed by atoms with Gasteiger partial charge in [-0.05, 0) is 23.8 Å². The highest BCUT2D eigenvalue weighted by atomic mass is 19.3. The minimum atomic E-state index is -3.26.